The van der Waals surface area contributed by atoms with E-state index in [0.29, 0.717) is 11.3 Å². The fraction of sp³-hybridized carbons (Fsp3) is 0.409. The molecule has 0 spiro atoms. The van der Waals surface area contributed by atoms with E-state index in [1.807, 2.05) is 13.8 Å². The molecule has 3 rings (SSSR count). The topological polar surface area (TPSA) is 122 Å². The molecule has 11 heteroatoms. The molecule has 178 valence electrons. The van der Waals surface area contributed by atoms with Gasteiger partial charge >= 0.3 is 0 Å². The van der Waals surface area contributed by atoms with E-state index in [-0.39, 0.29) is 54.9 Å². The summed E-state index contributed by atoms with van der Waals surface area (Å²) in [5.41, 5.74) is 0.978. The standard InChI is InChI=1S/C22H28N4O6S/c1-16-12-25(13-17(2)32-16)33(30,31)20-10-8-19(9-11-20)23-22(27)15-24(3)14-18-6-4-5-7-21(18)26(28)29/h4-11,16-17H,12-15H2,1-3H3,(H,23,27). The molecule has 0 bridgehead atoms. The molecule has 1 fully saturated rings. The van der Waals surface area contributed by atoms with Crippen molar-refractivity contribution in [1.82, 2.24) is 9.21 Å². The number of carbonyl (C=O) groups excluding carboxylic acids is 1. The van der Waals surface area contributed by atoms with E-state index >= 15 is 0 Å². The Balaban J connectivity index is 1.59. The van der Waals surface area contributed by atoms with E-state index < -0.39 is 14.9 Å². The molecule has 2 unspecified atom stereocenters. The third-order valence-electron chi connectivity index (χ3n) is 5.20. The Bertz CT molecular complexity index is 1100. The number of rotatable bonds is 8. The predicted octanol–water partition coefficient (Wildman–Crippen LogP) is 2.46. The minimum Gasteiger partial charge on any atom is -0.373 e. The molecule has 0 aromatic heterocycles. The van der Waals surface area contributed by atoms with Crippen LogP contribution in [0.4, 0.5) is 11.4 Å². The molecule has 2 atom stereocenters. The Morgan fingerprint density at radius 3 is 2.36 bits per heavy atom. The zero-order valence-electron chi connectivity index (χ0n) is 18.8. The van der Waals surface area contributed by atoms with Crippen LogP contribution in [0.3, 0.4) is 0 Å². The van der Waals surface area contributed by atoms with Crippen LogP contribution < -0.4 is 5.32 Å². The monoisotopic (exact) mass is 476 g/mol. The van der Waals surface area contributed by atoms with Crippen LogP contribution in [0, 0.1) is 10.1 Å². The molecule has 0 aliphatic carbocycles. The number of amides is 1. The number of nitro groups is 1. The molecule has 33 heavy (non-hydrogen) atoms. The molecular formula is C22H28N4O6S. The lowest BCUT2D eigenvalue weighted by Gasteiger charge is -2.34. The van der Waals surface area contributed by atoms with Crippen molar-refractivity contribution in [3.05, 3.63) is 64.2 Å². The Kier molecular flexibility index (Phi) is 7.80. The quantitative estimate of drug-likeness (QED) is 0.459. The van der Waals surface area contributed by atoms with Gasteiger partial charge in [-0.25, -0.2) is 8.42 Å². The van der Waals surface area contributed by atoms with Gasteiger partial charge in [0, 0.05) is 37.0 Å². The highest BCUT2D eigenvalue weighted by molar-refractivity contribution is 7.89. The SMILES string of the molecule is CC1CN(S(=O)(=O)c2ccc(NC(=O)CN(C)Cc3ccccc3[N+](=O)[O-])cc2)CC(C)O1. The van der Waals surface area contributed by atoms with Gasteiger partial charge in [0.25, 0.3) is 5.69 Å². The van der Waals surface area contributed by atoms with Crippen molar-refractivity contribution < 1.29 is 22.9 Å². The number of morpholine rings is 1. The number of hydrogen-bond donors (Lipinski definition) is 1. The molecule has 1 aliphatic heterocycles. The van der Waals surface area contributed by atoms with Crippen LogP contribution in [-0.4, -0.2) is 67.3 Å². The average molecular weight is 477 g/mol. The lowest BCUT2D eigenvalue weighted by Crippen LogP contribution is -2.48. The number of benzene rings is 2. The molecule has 1 amide bonds. The Morgan fingerprint density at radius 2 is 1.76 bits per heavy atom. The summed E-state index contributed by atoms with van der Waals surface area (Å²) in [6.45, 7) is 4.50. The first-order valence-corrected chi connectivity index (χ1v) is 12.0. The second-order valence-electron chi connectivity index (χ2n) is 8.21. The van der Waals surface area contributed by atoms with E-state index in [4.69, 9.17) is 4.74 Å². The highest BCUT2D eigenvalue weighted by atomic mass is 32.2. The molecule has 1 N–H and O–H groups in total. The van der Waals surface area contributed by atoms with Crippen molar-refractivity contribution in [3.8, 4) is 0 Å². The molecule has 0 radical (unpaired) electrons. The second kappa shape index (κ2) is 10.4. The highest BCUT2D eigenvalue weighted by Gasteiger charge is 2.32. The maximum absolute atomic E-state index is 12.9. The van der Waals surface area contributed by atoms with Crippen LogP contribution in [0.5, 0.6) is 0 Å². The third kappa shape index (κ3) is 6.35. The van der Waals surface area contributed by atoms with E-state index in [1.165, 1.54) is 22.5 Å². The maximum atomic E-state index is 12.9. The Labute approximate surface area is 193 Å². The van der Waals surface area contributed by atoms with Gasteiger partial charge in [-0.05, 0) is 45.2 Å². The third-order valence-corrected chi connectivity index (χ3v) is 7.05. The largest absolute Gasteiger partial charge is 0.373 e. The van der Waals surface area contributed by atoms with Gasteiger partial charge < -0.3 is 10.1 Å². The van der Waals surface area contributed by atoms with E-state index in [9.17, 15) is 23.3 Å². The van der Waals surface area contributed by atoms with Crippen molar-refractivity contribution >= 4 is 27.3 Å². The van der Waals surface area contributed by atoms with Crippen molar-refractivity contribution in [2.45, 2.75) is 37.5 Å². The minimum absolute atomic E-state index is 0.00520. The first-order chi connectivity index (χ1) is 15.6. The van der Waals surface area contributed by atoms with Gasteiger partial charge in [0.15, 0.2) is 0 Å². The molecule has 1 aliphatic rings. The number of carbonyl (C=O) groups is 1. The molecule has 0 saturated carbocycles. The Morgan fingerprint density at radius 1 is 1.15 bits per heavy atom. The normalized spacial score (nSPS) is 19.4. The van der Waals surface area contributed by atoms with Gasteiger partial charge in [-0.3, -0.25) is 19.8 Å². The van der Waals surface area contributed by atoms with Gasteiger partial charge in [0.2, 0.25) is 15.9 Å². The summed E-state index contributed by atoms with van der Waals surface area (Å²) in [7, 11) is -1.97. The van der Waals surface area contributed by atoms with Crippen molar-refractivity contribution in [2.24, 2.45) is 0 Å². The van der Waals surface area contributed by atoms with Gasteiger partial charge in [-0.15, -0.1) is 0 Å². The predicted molar refractivity (Wildman–Crippen MR) is 123 cm³/mol. The van der Waals surface area contributed by atoms with E-state index in [0.717, 1.165) is 0 Å². The second-order valence-corrected chi connectivity index (χ2v) is 10.1. The number of anilines is 1. The van der Waals surface area contributed by atoms with Crippen molar-refractivity contribution in [3.63, 3.8) is 0 Å². The number of sulfonamides is 1. The van der Waals surface area contributed by atoms with E-state index in [1.54, 1.807) is 42.3 Å². The number of para-hydroxylation sites is 1. The zero-order valence-corrected chi connectivity index (χ0v) is 19.6. The lowest BCUT2D eigenvalue weighted by atomic mass is 10.1. The van der Waals surface area contributed by atoms with Crippen LogP contribution in [0.25, 0.3) is 0 Å². The van der Waals surface area contributed by atoms with Gasteiger partial charge in [0.05, 0.1) is 28.6 Å². The number of nitrogens with zero attached hydrogens (tertiary/aromatic N) is 3. The number of nitrogens with one attached hydrogen (secondary N) is 1. The molecule has 10 nitrogen and oxygen atoms in total. The number of hydrogen-bond acceptors (Lipinski definition) is 7. The Hall–Kier alpha value is -2.86. The number of ether oxygens (including phenoxy) is 1. The molecular weight excluding hydrogens is 448 g/mol. The first-order valence-electron chi connectivity index (χ1n) is 10.5. The molecule has 1 saturated heterocycles. The average Bonchev–Trinajstić information content (AvgIpc) is 2.73. The maximum Gasteiger partial charge on any atom is 0.273 e. The van der Waals surface area contributed by atoms with Crippen LogP contribution >= 0.6 is 0 Å². The number of nitro benzene ring substituents is 1. The highest BCUT2D eigenvalue weighted by Crippen LogP contribution is 2.23. The fourth-order valence-corrected chi connectivity index (χ4v) is 5.39. The summed E-state index contributed by atoms with van der Waals surface area (Å²) in [5, 5.41) is 13.9. The number of likely N-dealkylation sites (N-methyl/N-ethyl adjacent to an activating group) is 1. The summed E-state index contributed by atoms with van der Waals surface area (Å²) in [6, 6.07) is 12.4. The van der Waals surface area contributed by atoms with Gasteiger partial charge in [-0.2, -0.15) is 4.31 Å². The summed E-state index contributed by atoms with van der Waals surface area (Å²) in [4.78, 5) is 24.9. The smallest absolute Gasteiger partial charge is 0.273 e. The summed E-state index contributed by atoms with van der Waals surface area (Å²) in [6.07, 6.45) is -0.368. The summed E-state index contributed by atoms with van der Waals surface area (Å²) in [5.74, 6) is -0.317. The molecule has 2 aromatic rings. The fourth-order valence-electron chi connectivity index (χ4n) is 3.80. The van der Waals surface area contributed by atoms with Gasteiger partial charge in [-0.1, -0.05) is 18.2 Å². The van der Waals surface area contributed by atoms with Crippen molar-refractivity contribution in [2.75, 3.05) is 32.0 Å². The zero-order chi connectivity index (χ0) is 24.2. The summed E-state index contributed by atoms with van der Waals surface area (Å²) >= 11 is 0. The van der Waals surface area contributed by atoms with Crippen molar-refractivity contribution in [1.29, 1.82) is 0 Å². The van der Waals surface area contributed by atoms with Crippen LogP contribution in [0.15, 0.2) is 53.4 Å². The molecule has 1 heterocycles. The first kappa shape index (κ1) is 24.8. The minimum atomic E-state index is -3.66. The van der Waals surface area contributed by atoms with E-state index in [2.05, 4.69) is 5.32 Å². The van der Waals surface area contributed by atoms with Crippen LogP contribution in [0.1, 0.15) is 19.4 Å². The summed E-state index contributed by atoms with van der Waals surface area (Å²) < 4.78 is 32.9. The lowest BCUT2D eigenvalue weighted by molar-refractivity contribution is -0.385. The molecule has 2 aromatic carbocycles. The van der Waals surface area contributed by atoms with Crippen LogP contribution in [-0.2, 0) is 26.1 Å². The van der Waals surface area contributed by atoms with Crippen LogP contribution in [0.2, 0.25) is 0 Å². The van der Waals surface area contributed by atoms with Gasteiger partial charge in [0.1, 0.15) is 0 Å².